The van der Waals surface area contributed by atoms with Gasteiger partial charge in [-0.25, -0.2) is 15.0 Å². The fraction of sp³-hybridized carbons (Fsp3) is 0. The number of aromatic nitrogens is 4. The highest BCUT2D eigenvalue weighted by molar-refractivity contribution is 7.26. The van der Waals surface area contributed by atoms with Gasteiger partial charge in [0.2, 0.25) is 0 Å². The summed E-state index contributed by atoms with van der Waals surface area (Å²) in [5.41, 5.74) is 12.6. The first-order valence-corrected chi connectivity index (χ1v) is 21.9. The molecule has 0 N–H and O–H groups in total. The standard InChI is InChI=1S/C57H34N4OS/c1-4-14-35(15-5-1)41-21-12-24-49-53(41)43-29-27-39(33-50(43)62-49)56-58-55(36-16-6-2-7-17-36)59-57(60-56)45-22-13-25-51-54(45)44-30-26-38(34-52(44)63-51)37-28-31-48-46(32-37)42-20-10-11-23-47(42)61(48)40-18-8-3-9-19-40/h1-34H. The van der Waals surface area contributed by atoms with Crippen molar-refractivity contribution in [1.29, 1.82) is 0 Å². The third-order valence-electron chi connectivity index (χ3n) is 12.3. The molecule has 13 rings (SSSR count). The first-order valence-electron chi connectivity index (χ1n) is 21.1. The van der Waals surface area contributed by atoms with Crippen molar-refractivity contribution in [2.75, 3.05) is 0 Å². The Morgan fingerprint density at radius 1 is 0.349 bits per heavy atom. The maximum Gasteiger partial charge on any atom is 0.164 e. The van der Waals surface area contributed by atoms with Gasteiger partial charge < -0.3 is 8.98 Å². The minimum Gasteiger partial charge on any atom is -0.456 e. The maximum atomic E-state index is 6.53. The highest BCUT2D eigenvalue weighted by Crippen LogP contribution is 2.43. The Bertz CT molecular complexity index is 3910. The third kappa shape index (κ3) is 5.80. The largest absolute Gasteiger partial charge is 0.456 e. The molecular formula is C57H34N4OS. The number of hydrogen-bond donors (Lipinski definition) is 0. The second kappa shape index (κ2) is 14.2. The Morgan fingerprint density at radius 3 is 1.83 bits per heavy atom. The van der Waals surface area contributed by atoms with Crippen LogP contribution in [0.4, 0.5) is 0 Å². The number of nitrogens with zero attached hydrogens (tertiary/aromatic N) is 4. The van der Waals surface area contributed by atoms with Crippen molar-refractivity contribution in [1.82, 2.24) is 19.5 Å². The van der Waals surface area contributed by atoms with Crippen LogP contribution in [0, 0.1) is 0 Å². The molecule has 0 amide bonds. The molecule has 0 fully saturated rings. The number of furan rings is 1. The average molecular weight is 823 g/mol. The van der Waals surface area contributed by atoms with Gasteiger partial charge in [-0.15, -0.1) is 11.3 Å². The van der Waals surface area contributed by atoms with Crippen LogP contribution in [0.1, 0.15) is 0 Å². The van der Waals surface area contributed by atoms with Gasteiger partial charge in [-0.1, -0.05) is 146 Å². The molecule has 4 aromatic heterocycles. The van der Waals surface area contributed by atoms with E-state index < -0.39 is 0 Å². The van der Waals surface area contributed by atoms with E-state index >= 15 is 0 Å². The molecule has 294 valence electrons. The predicted octanol–water partition coefficient (Wildman–Crippen LogP) is 15.6. The molecule has 0 saturated heterocycles. The molecule has 0 aliphatic carbocycles. The van der Waals surface area contributed by atoms with Crippen LogP contribution >= 0.6 is 11.3 Å². The summed E-state index contributed by atoms with van der Waals surface area (Å²) in [5.74, 6) is 1.84. The highest BCUT2D eigenvalue weighted by Gasteiger charge is 2.20. The van der Waals surface area contributed by atoms with Gasteiger partial charge in [0.25, 0.3) is 0 Å². The molecule has 0 aliphatic rings. The second-order valence-electron chi connectivity index (χ2n) is 15.9. The molecule has 0 radical (unpaired) electrons. The Balaban J connectivity index is 0.941. The van der Waals surface area contributed by atoms with E-state index in [1.165, 1.54) is 47.7 Å². The monoisotopic (exact) mass is 822 g/mol. The summed E-state index contributed by atoms with van der Waals surface area (Å²) in [5, 5.41) is 6.95. The van der Waals surface area contributed by atoms with Gasteiger partial charge in [0, 0.05) is 64.1 Å². The third-order valence-corrected chi connectivity index (χ3v) is 13.4. The minimum atomic E-state index is 0.590. The van der Waals surface area contributed by atoms with Gasteiger partial charge in [-0.2, -0.15) is 0 Å². The lowest BCUT2D eigenvalue weighted by atomic mass is 9.99. The van der Waals surface area contributed by atoms with Crippen molar-refractivity contribution >= 4 is 75.3 Å². The Hall–Kier alpha value is -8.19. The Morgan fingerprint density at radius 2 is 0.984 bits per heavy atom. The van der Waals surface area contributed by atoms with Crippen LogP contribution in [0.15, 0.2) is 211 Å². The maximum absolute atomic E-state index is 6.53. The van der Waals surface area contributed by atoms with E-state index in [9.17, 15) is 0 Å². The summed E-state index contributed by atoms with van der Waals surface area (Å²) in [6.45, 7) is 0. The van der Waals surface area contributed by atoms with Crippen molar-refractivity contribution in [3.05, 3.63) is 206 Å². The van der Waals surface area contributed by atoms with Gasteiger partial charge in [-0.3, -0.25) is 0 Å². The molecule has 5 nitrogen and oxygen atoms in total. The number of rotatable bonds is 6. The second-order valence-corrected chi connectivity index (χ2v) is 17.0. The molecule has 13 aromatic rings. The van der Waals surface area contributed by atoms with E-state index in [0.717, 1.165) is 60.8 Å². The van der Waals surface area contributed by atoms with Crippen molar-refractivity contribution in [2.24, 2.45) is 0 Å². The van der Waals surface area contributed by atoms with Gasteiger partial charge in [-0.05, 0) is 82.9 Å². The fourth-order valence-electron chi connectivity index (χ4n) is 9.36. The molecule has 9 aromatic carbocycles. The summed E-state index contributed by atoms with van der Waals surface area (Å²) in [6.07, 6.45) is 0. The zero-order valence-electron chi connectivity index (χ0n) is 33.7. The van der Waals surface area contributed by atoms with Crippen LogP contribution < -0.4 is 0 Å². The minimum absolute atomic E-state index is 0.590. The fourth-order valence-corrected chi connectivity index (χ4v) is 10.5. The smallest absolute Gasteiger partial charge is 0.164 e. The summed E-state index contributed by atoms with van der Waals surface area (Å²) in [6, 6.07) is 72.7. The average Bonchev–Trinajstić information content (AvgIpc) is 4.03. The zero-order valence-corrected chi connectivity index (χ0v) is 34.6. The quantitative estimate of drug-likeness (QED) is 0.168. The van der Waals surface area contributed by atoms with E-state index in [2.05, 4.69) is 180 Å². The summed E-state index contributed by atoms with van der Waals surface area (Å²) >= 11 is 1.80. The van der Waals surface area contributed by atoms with Crippen LogP contribution in [0.25, 0.3) is 126 Å². The van der Waals surface area contributed by atoms with Crippen molar-refractivity contribution in [3.63, 3.8) is 0 Å². The Kier molecular flexibility index (Phi) is 8.01. The van der Waals surface area contributed by atoms with Crippen LogP contribution in [-0.4, -0.2) is 19.5 Å². The topological polar surface area (TPSA) is 56.7 Å². The number of thiophene rings is 1. The normalized spacial score (nSPS) is 11.8. The molecule has 0 spiro atoms. The lowest BCUT2D eigenvalue weighted by molar-refractivity contribution is 0.669. The summed E-state index contributed by atoms with van der Waals surface area (Å²) < 4.78 is 11.3. The Labute approximate surface area is 365 Å². The van der Waals surface area contributed by atoms with Crippen LogP contribution in [0.5, 0.6) is 0 Å². The predicted molar refractivity (Wildman–Crippen MR) is 262 cm³/mol. The molecule has 6 heteroatoms. The van der Waals surface area contributed by atoms with Gasteiger partial charge in [0.05, 0.1) is 11.0 Å². The van der Waals surface area contributed by atoms with E-state index in [0.29, 0.717) is 17.5 Å². The van der Waals surface area contributed by atoms with E-state index in [-0.39, 0.29) is 0 Å². The van der Waals surface area contributed by atoms with Gasteiger partial charge in [0.1, 0.15) is 11.2 Å². The van der Waals surface area contributed by atoms with E-state index in [4.69, 9.17) is 19.4 Å². The van der Waals surface area contributed by atoms with Crippen molar-refractivity contribution in [2.45, 2.75) is 0 Å². The highest BCUT2D eigenvalue weighted by atomic mass is 32.1. The van der Waals surface area contributed by atoms with Crippen LogP contribution in [-0.2, 0) is 0 Å². The van der Waals surface area contributed by atoms with Crippen LogP contribution in [0.3, 0.4) is 0 Å². The molecule has 0 bridgehead atoms. The molecule has 0 saturated carbocycles. The molecule has 0 atom stereocenters. The van der Waals surface area contributed by atoms with Crippen molar-refractivity contribution in [3.8, 4) is 62.1 Å². The van der Waals surface area contributed by atoms with E-state index in [1.807, 2.05) is 30.3 Å². The summed E-state index contributed by atoms with van der Waals surface area (Å²) in [4.78, 5) is 15.5. The van der Waals surface area contributed by atoms with Gasteiger partial charge >= 0.3 is 0 Å². The van der Waals surface area contributed by atoms with Crippen molar-refractivity contribution < 1.29 is 4.42 Å². The lowest BCUT2D eigenvalue weighted by Gasteiger charge is -2.10. The molecule has 0 unspecified atom stereocenters. The molecule has 63 heavy (non-hydrogen) atoms. The zero-order chi connectivity index (χ0) is 41.4. The molecule has 4 heterocycles. The van der Waals surface area contributed by atoms with Gasteiger partial charge in [0.15, 0.2) is 17.5 Å². The number of fused-ring (bicyclic) bond motifs is 9. The number of para-hydroxylation sites is 2. The molecule has 0 aliphatic heterocycles. The summed E-state index contributed by atoms with van der Waals surface area (Å²) in [7, 11) is 0. The number of benzene rings is 9. The SMILES string of the molecule is c1ccc(-c2nc(-c3ccc4c(c3)oc3cccc(-c5ccccc5)c34)nc(-c3cccc4sc5cc(-c6ccc7c(c6)c6ccccc6n7-c6ccccc6)ccc5c34)n2)cc1. The van der Waals surface area contributed by atoms with E-state index in [1.54, 1.807) is 11.3 Å². The first-order chi connectivity index (χ1) is 31.2. The van der Waals surface area contributed by atoms with Crippen LogP contribution in [0.2, 0.25) is 0 Å². The first kappa shape index (κ1) is 35.6. The number of hydrogen-bond acceptors (Lipinski definition) is 5. The lowest BCUT2D eigenvalue weighted by Crippen LogP contribution is -2.00. The molecular weight excluding hydrogens is 789 g/mol.